The van der Waals surface area contributed by atoms with Crippen molar-refractivity contribution in [2.24, 2.45) is 16.8 Å². The quantitative estimate of drug-likeness (QED) is 0.538. The molecule has 168 valence electrons. The number of amidine groups is 1. The highest BCUT2D eigenvalue weighted by Gasteiger charge is 2.38. The molecule has 2 aliphatic rings. The number of carbonyl (C=O) groups excluding carboxylic acids is 1. The van der Waals surface area contributed by atoms with Crippen molar-refractivity contribution in [3.8, 4) is 0 Å². The van der Waals surface area contributed by atoms with Crippen molar-refractivity contribution in [2.45, 2.75) is 38.6 Å². The fraction of sp³-hybridized carbons (Fsp3) is 0.391. The predicted molar refractivity (Wildman–Crippen MR) is 125 cm³/mol. The molecule has 1 aromatic carbocycles. The zero-order valence-corrected chi connectivity index (χ0v) is 20.0. The topological polar surface area (TPSA) is 101 Å². The lowest BCUT2D eigenvalue weighted by atomic mass is 9.78. The van der Waals surface area contributed by atoms with Gasteiger partial charge in [-0.05, 0) is 50.2 Å². The van der Waals surface area contributed by atoms with Crippen molar-refractivity contribution in [2.75, 3.05) is 6.61 Å². The molecular weight excluding hydrogens is 494 g/mol. The molecule has 0 spiro atoms. The largest absolute Gasteiger partial charge is 0.481 e. The summed E-state index contributed by atoms with van der Waals surface area (Å²) in [6.45, 7) is 2.04. The SMILES string of the molecule is CCOC(=O)C1=C([C@H]2CC[C@H](C(=O)O)CC2)NC(c2nccs2)=NC1c1ccccc1Br. The molecule has 0 amide bonds. The average Bonchev–Trinajstić information content (AvgIpc) is 3.34. The van der Waals surface area contributed by atoms with Gasteiger partial charge in [-0.25, -0.2) is 9.78 Å². The Morgan fingerprint density at radius 3 is 2.62 bits per heavy atom. The number of hydrogen-bond donors (Lipinski definition) is 2. The third-order valence-electron chi connectivity index (χ3n) is 5.89. The molecule has 0 radical (unpaired) electrons. The lowest BCUT2D eigenvalue weighted by Gasteiger charge is -2.34. The molecule has 7 nitrogen and oxygen atoms in total. The van der Waals surface area contributed by atoms with Crippen molar-refractivity contribution in [3.63, 3.8) is 0 Å². The number of aliphatic imine (C=N–C) groups is 1. The molecule has 0 bridgehead atoms. The van der Waals surface area contributed by atoms with Crippen LogP contribution in [-0.2, 0) is 14.3 Å². The fourth-order valence-corrected chi connectivity index (χ4v) is 5.41. The molecule has 32 heavy (non-hydrogen) atoms. The molecule has 1 unspecified atom stereocenters. The van der Waals surface area contributed by atoms with Crippen LogP contribution < -0.4 is 5.32 Å². The Morgan fingerprint density at radius 1 is 1.25 bits per heavy atom. The lowest BCUT2D eigenvalue weighted by molar-refractivity contribution is -0.143. The summed E-state index contributed by atoms with van der Waals surface area (Å²) in [5, 5.41) is 15.4. The number of rotatable bonds is 6. The van der Waals surface area contributed by atoms with Gasteiger partial charge >= 0.3 is 11.9 Å². The lowest BCUT2D eigenvalue weighted by Crippen LogP contribution is -2.38. The van der Waals surface area contributed by atoms with Crippen molar-refractivity contribution in [1.29, 1.82) is 0 Å². The van der Waals surface area contributed by atoms with Gasteiger partial charge in [-0.2, -0.15) is 0 Å². The van der Waals surface area contributed by atoms with E-state index in [1.807, 2.05) is 29.6 Å². The van der Waals surface area contributed by atoms with Crippen LogP contribution in [0.2, 0.25) is 0 Å². The first-order chi connectivity index (χ1) is 15.5. The number of aliphatic carboxylic acids is 1. The van der Waals surface area contributed by atoms with Crippen LogP contribution in [-0.4, -0.2) is 34.5 Å². The van der Waals surface area contributed by atoms with Crippen LogP contribution >= 0.6 is 27.3 Å². The van der Waals surface area contributed by atoms with Gasteiger partial charge in [0.2, 0.25) is 0 Å². The number of esters is 1. The van der Waals surface area contributed by atoms with Gasteiger partial charge in [0.1, 0.15) is 6.04 Å². The molecule has 1 aliphatic carbocycles. The normalized spacial score (nSPS) is 23.3. The van der Waals surface area contributed by atoms with Gasteiger partial charge in [-0.3, -0.25) is 9.79 Å². The van der Waals surface area contributed by atoms with Gasteiger partial charge in [0.05, 0.1) is 18.1 Å². The number of halogens is 1. The molecule has 2 aromatic rings. The molecule has 1 saturated carbocycles. The van der Waals surface area contributed by atoms with Gasteiger partial charge in [-0.1, -0.05) is 34.1 Å². The molecular formula is C23H24BrN3O4S. The van der Waals surface area contributed by atoms with Gasteiger partial charge in [-0.15, -0.1) is 11.3 Å². The molecule has 1 aromatic heterocycles. The van der Waals surface area contributed by atoms with E-state index in [-0.39, 0.29) is 18.4 Å². The number of carbonyl (C=O) groups is 2. The fourth-order valence-electron chi connectivity index (χ4n) is 4.32. The van der Waals surface area contributed by atoms with Crippen LogP contribution in [0, 0.1) is 11.8 Å². The molecule has 9 heteroatoms. The Kier molecular flexibility index (Phi) is 7.05. The maximum absolute atomic E-state index is 13.2. The van der Waals surface area contributed by atoms with Gasteiger partial charge in [0, 0.05) is 21.7 Å². The maximum Gasteiger partial charge on any atom is 0.338 e. The van der Waals surface area contributed by atoms with Crippen LogP contribution in [0.1, 0.15) is 49.2 Å². The van der Waals surface area contributed by atoms with Crippen LogP contribution in [0.4, 0.5) is 0 Å². The minimum Gasteiger partial charge on any atom is -0.481 e. The second kappa shape index (κ2) is 9.95. The third-order valence-corrected chi connectivity index (χ3v) is 7.39. The van der Waals surface area contributed by atoms with E-state index in [1.54, 1.807) is 13.1 Å². The number of aromatic nitrogens is 1. The Labute approximate surface area is 198 Å². The number of benzene rings is 1. The zero-order valence-electron chi connectivity index (χ0n) is 17.6. The Bertz CT molecular complexity index is 1060. The average molecular weight is 518 g/mol. The summed E-state index contributed by atoms with van der Waals surface area (Å²) in [6, 6.07) is 7.15. The first-order valence-electron chi connectivity index (χ1n) is 10.6. The van der Waals surface area contributed by atoms with E-state index in [2.05, 4.69) is 26.2 Å². The molecule has 1 aliphatic heterocycles. The Morgan fingerprint density at radius 2 is 2.00 bits per heavy atom. The summed E-state index contributed by atoms with van der Waals surface area (Å²) in [7, 11) is 0. The number of allylic oxidation sites excluding steroid dienone is 1. The number of thiazole rings is 1. The van der Waals surface area contributed by atoms with Crippen LogP contribution in [0.25, 0.3) is 0 Å². The number of nitrogens with zero attached hydrogens (tertiary/aromatic N) is 2. The molecule has 1 fully saturated rings. The smallest absolute Gasteiger partial charge is 0.338 e. The second-order valence-corrected chi connectivity index (χ2v) is 9.55. The van der Waals surface area contributed by atoms with Gasteiger partial charge in [0.25, 0.3) is 0 Å². The first kappa shape index (κ1) is 22.7. The minimum atomic E-state index is -0.754. The summed E-state index contributed by atoms with van der Waals surface area (Å²) in [5.41, 5.74) is 2.12. The molecule has 1 atom stereocenters. The monoisotopic (exact) mass is 517 g/mol. The number of ether oxygens (including phenoxy) is 1. The summed E-state index contributed by atoms with van der Waals surface area (Å²) >= 11 is 5.08. The summed E-state index contributed by atoms with van der Waals surface area (Å²) < 4.78 is 6.30. The number of carboxylic acids is 1. The van der Waals surface area contributed by atoms with E-state index >= 15 is 0 Å². The Balaban J connectivity index is 1.81. The predicted octanol–water partition coefficient (Wildman–Crippen LogP) is 4.70. The molecule has 4 rings (SSSR count). The van der Waals surface area contributed by atoms with Crippen molar-refractivity contribution in [3.05, 3.63) is 62.2 Å². The second-order valence-electron chi connectivity index (χ2n) is 7.80. The van der Waals surface area contributed by atoms with Crippen molar-refractivity contribution in [1.82, 2.24) is 10.3 Å². The van der Waals surface area contributed by atoms with E-state index in [0.717, 1.165) is 20.7 Å². The van der Waals surface area contributed by atoms with Gasteiger partial charge in [0.15, 0.2) is 10.8 Å². The van der Waals surface area contributed by atoms with E-state index in [9.17, 15) is 14.7 Å². The highest BCUT2D eigenvalue weighted by molar-refractivity contribution is 9.10. The molecule has 0 saturated heterocycles. The number of nitrogens with one attached hydrogen (secondary N) is 1. The van der Waals surface area contributed by atoms with Crippen molar-refractivity contribution >= 4 is 45.0 Å². The minimum absolute atomic E-state index is 0.0143. The van der Waals surface area contributed by atoms with E-state index in [1.165, 1.54) is 11.3 Å². The zero-order chi connectivity index (χ0) is 22.7. The van der Waals surface area contributed by atoms with Crippen LogP contribution in [0.5, 0.6) is 0 Å². The highest BCUT2D eigenvalue weighted by atomic mass is 79.9. The van der Waals surface area contributed by atoms with Crippen LogP contribution in [0.3, 0.4) is 0 Å². The summed E-state index contributed by atoms with van der Waals surface area (Å²) in [5.74, 6) is -0.869. The Hall–Kier alpha value is -2.52. The number of carboxylic acid groups (broad SMARTS) is 1. The molecule has 2 heterocycles. The summed E-state index contributed by atoms with van der Waals surface area (Å²) in [4.78, 5) is 34.0. The summed E-state index contributed by atoms with van der Waals surface area (Å²) in [6.07, 6.45) is 4.22. The number of hydrogen-bond acceptors (Lipinski definition) is 7. The van der Waals surface area contributed by atoms with E-state index in [0.29, 0.717) is 37.1 Å². The third kappa shape index (κ3) is 4.63. The maximum atomic E-state index is 13.2. The molecule has 2 N–H and O–H groups in total. The standard InChI is InChI=1S/C23H24BrN3O4S/c1-2-31-23(30)17-18(13-7-9-14(10-8-13)22(28)29)26-20(21-25-11-12-32-21)27-19(17)15-5-3-4-6-16(15)24/h3-6,11-14,19H,2,7-10H2,1H3,(H,26,27)(H,28,29)/t13-,14-,19?. The highest BCUT2D eigenvalue weighted by Crippen LogP contribution is 2.41. The first-order valence-corrected chi connectivity index (χ1v) is 12.3. The van der Waals surface area contributed by atoms with Crippen LogP contribution in [0.15, 0.2) is 56.6 Å². The van der Waals surface area contributed by atoms with E-state index < -0.39 is 18.0 Å². The van der Waals surface area contributed by atoms with Crippen molar-refractivity contribution < 1.29 is 19.4 Å². The van der Waals surface area contributed by atoms with E-state index in [4.69, 9.17) is 9.73 Å². The van der Waals surface area contributed by atoms with Gasteiger partial charge < -0.3 is 15.2 Å².